The molecule has 0 aliphatic heterocycles. The Morgan fingerprint density at radius 2 is 1.47 bits per heavy atom. The summed E-state index contributed by atoms with van der Waals surface area (Å²) in [5, 5.41) is 2.07. The lowest BCUT2D eigenvalue weighted by atomic mass is 10.3. The highest BCUT2D eigenvalue weighted by Crippen LogP contribution is 2.47. The number of ether oxygens (including phenoxy) is 2. The maximum Gasteiger partial charge on any atom is 0.513 e. The van der Waals surface area contributed by atoms with Crippen LogP contribution in [0.1, 0.15) is 13.8 Å². The van der Waals surface area contributed by atoms with Gasteiger partial charge in [0.2, 0.25) is 34.8 Å². The van der Waals surface area contributed by atoms with Gasteiger partial charge in [-0.3, -0.25) is 4.79 Å². The van der Waals surface area contributed by atoms with Crippen LogP contribution in [0.4, 0.5) is 22.0 Å². The van der Waals surface area contributed by atoms with Gasteiger partial charge in [0.1, 0.15) is 17.9 Å². The smallest absolute Gasteiger partial charge is 0.459 e. The van der Waals surface area contributed by atoms with Gasteiger partial charge < -0.3 is 18.5 Å². The summed E-state index contributed by atoms with van der Waals surface area (Å²) in [5.41, 5.74) is 0. The minimum Gasteiger partial charge on any atom is -0.459 e. The highest BCUT2D eigenvalue weighted by molar-refractivity contribution is 7.52. The molecule has 2 aromatic rings. The molecule has 0 bridgehead atoms. The number of rotatable bonds is 10. The zero-order chi connectivity index (χ0) is 24.1. The first-order chi connectivity index (χ1) is 15.0. The third kappa shape index (κ3) is 6.18. The molecule has 0 heterocycles. The lowest BCUT2D eigenvalue weighted by molar-refractivity contribution is -0.152. The summed E-state index contributed by atoms with van der Waals surface area (Å²) in [6, 6.07) is 5.56. The number of para-hydroxylation sites is 1. The normalized spacial score (nSPS) is 14.9. The number of carbonyl (C=O) groups excluding carboxylic acids is 1. The highest BCUT2D eigenvalue weighted by atomic mass is 31.2. The Morgan fingerprint density at radius 1 is 0.938 bits per heavy atom. The molecule has 0 saturated carbocycles. The number of nitrogens with one attached hydrogen (secondary N) is 1. The van der Waals surface area contributed by atoms with Crippen LogP contribution in [0.2, 0.25) is 0 Å². The third-order valence-electron chi connectivity index (χ3n) is 3.77. The molecule has 0 radical (unpaired) electrons. The lowest BCUT2D eigenvalue weighted by Crippen LogP contribution is -2.38. The fourth-order valence-electron chi connectivity index (χ4n) is 2.34. The van der Waals surface area contributed by atoms with Crippen LogP contribution in [-0.4, -0.2) is 31.8 Å². The van der Waals surface area contributed by atoms with Gasteiger partial charge in [-0.25, -0.2) is 17.7 Å². The van der Waals surface area contributed by atoms with Gasteiger partial charge in [-0.1, -0.05) is 18.2 Å². The molecule has 0 aromatic heterocycles. The van der Waals surface area contributed by atoms with Crippen LogP contribution < -0.4 is 14.1 Å². The number of esters is 1. The molecular weight excluding hydrogens is 464 g/mol. The van der Waals surface area contributed by atoms with E-state index in [1.807, 2.05) is 0 Å². The minimum absolute atomic E-state index is 0.0394. The first-order valence-electron chi connectivity index (χ1n) is 9.02. The molecule has 2 aromatic carbocycles. The monoisotopic (exact) mass is 483 g/mol. The molecule has 13 heteroatoms. The lowest BCUT2D eigenvalue weighted by Gasteiger charge is -2.24. The number of hydrogen-bond acceptors (Lipinski definition) is 6. The molecule has 2 rings (SSSR count). The van der Waals surface area contributed by atoms with Crippen molar-refractivity contribution >= 4 is 13.7 Å². The quantitative estimate of drug-likeness (QED) is 0.175. The number of halogens is 5. The Bertz CT molecular complexity index is 980. The average Bonchev–Trinajstić information content (AvgIpc) is 2.74. The van der Waals surface area contributed by atoms with Gasteiger partial charge >= 0.3 is 13.7 Å². The van der Waals surface area contributed by atoms with Crippen molar-refractivity contribution in [2.45, 2.75) is 26.0 Å². The molecule has 3 atom stereocenters. The van der Waals surface area contributed by atoms with Crippen LogP contribution in [0, 0.1) is 29.1 Å². The van der Waals surface area contributed by atoms with Crippen molar-refractivity contribution < 1.29 is 49.8 Å². The number of carbonyl (C=O) groups is 1. The predicted molar refractivity (Wildman–Crippen MR) is 102 cm³/mol. The van der Waals surface area contributed by atoms with Crippen molar-refractivity contribution in [2.75, 3.05) is 13.7 Å². The van der Waals surface area contributed by atoms with Crippen molar-refractivity contribution in [1.82, 2.24) is 5.09 Å². The summed E-state index contributed by atoms with van der Waals surface area (Å²) in [7, 11) is -3.59. The second-order valence-electron chi connectivity index (χ2n) is 6.45. The summed E-state index contributed by atoms with van der Waals surface area (Å²) >= 11 is 0. The Balaban J connectivity index is 2.39. The van der Waals surface area contributed by atoms with Crippen molar-refractivity contribution in [3.63, 3.8) is 0 Å². The average molecular weight is 483 g/mol. The number of methoxy groups -OCH3 is 1. The summed E-state index contributed by atoms with van der Waals surface area (Å²) in [5.74, 6) is -14.8. The van der Waals surface area contributed by atoms with E-state index in [9.17, 15) is 31.3 Å². The molecule has 0 aliphatic carbocycles. The number of benzene rings is 2. The molecule has 0 spiro atoms. The Morgan fingerprint density at radius 3 is 2.00 bits per heavy atom. The van der Waals surface area contributed by atoms with E-state index in [1.165, 1.54) is 38.3 Å². The molecule has 0 aliphatic rings. The molecule has 32 heavy (non-hydrogen) atoms. The highest BCUT2D eigenvalue weighted by Gasteiger charge is 2.38. The molecule has 2 unspecified atom stereocenters. The summed E-state index contributed by atoms with van der Waals surface area (Å²) in [6.45, 7) is 2.70. The van der Waals surface area contributed by atoms with Gasteiger partial charge in [-0.2, -0.15) is 13.9 Å². The van der Waals surface area contributed by atoms with E-state index in [-0.39, 0.29) is 12.4 Å². The van der Waals surface area contributed by atoms with Crippen LogP contribution in [0.3, 0.4) is 0 Å². The SMILES string of the molecule is COC[C@@H](C)OC(=O)C(C)NP(=O)(Oc1ccccc1)Oc1c(F)c(F)c(F)c(F)c1F. The standard InChI is InChI=1S/C19H19F5NO6P/c1-10(9-28-3)29-19(26)11(2)25-32(27,30-12-7-5-4-6-8-12)31-18-16(23)14(21)13(20)15(22)17(18)24/h4-8,10-11H,9H2,1-3H3,(H,25,27)/t10-,11?,32?/m1/s1. The van der Waals surface area contributed by atoms with Crippen LogP contribution in [0.25, 0.3) is 0 Å². The van der Waals surface area contributed by atoms with Gasteiger partial charge in [0.15, 0.2) is 0 Å². The van der Waals surface area contributed by atoms with E-state index in [1.54, 1.807) is 6.07 Å². The van der Waals surface area contributed by atoms with E-state index in [0.717, 1.165) is 6.92 Å². The summed E-state index contributed by atoms with van der Waals surface area (Å²) in [6.07, 6.45) is -0.706. The Labute approximate surface area is 180 Å². The largest absolute Gasteiger partial charge is 0.513 e. The summed E-state index contributed by atoms with van der Waals surface area (Å²) in [4.78, 5) is 12.2. The predicted octanol–water partition coefficient (Wildman–Crippen LogP) is 4.50. The molecule has 7 nitrogen and oxygen atoms in total. The van der Waals surface area contributed by atoms with Crippen molar-refractivity contribution in [3.8, 4) is 11.5 Å². The summed E-state index contributed by atoms with van der Waals surface area (Å²) < 4.78 is 101. The molecule has 176 valence electrons. The first-order valence-corrected chi connectivity index (χ1v) is 10.6. The fraction of sp³-hybridized carbons (Fsp3) is 0.316. The van der Waals surface area contributed by atoms with Crippen LogP contribution in [0.15, 0.2) is 30.3 Å². The first kappa shape index (κ1) is 25.6. The number of hydrogen-bond donors (Lipinski definition) is 1. The third-order valence-corrected chi connectivity index (χ3v) is 5.35. The molecular formula is C19H19F5NO6P. The molecule has 0 amide bonds. The van der Waals surface area contributed by atoms with Gasteiger partial charge in [-0.15, -0.1) is 0 Å². The van der Waals surface area contributed by atoms with E-state index in [2.05, 4.69) is 9.61 Å². The topological polar surface area (TPSA) is 83.1 Å². The van der Waals surface area contributed by atoms with Crippen molar-refractivity contribution in [3.05, 3.63) is 59.4 Å². The van der Waals surface area contributed by atoms with E-state index in [0.29, 0.717) is 0 Å². The molecule has 1 N–H and O–H groups in total. The van der Waals surface area contributed by atoms with Gasteiger partial charge in [0, 0.05) is 7.11 Å². The fourth-order valence-corrected chi connectivity index (χ4v) is 3.86. The molecule has 0 fully saturated rings. The van der Waals surface area contributed by atoms with Gasteiger partial charge in [-0.05, 0) is 26.0 Å². The van der Waals surface area contributed by atoms with E-state index < -0.39 is 60.7 Å². The second-order valence-corrected chi connectivity index (χ2v) is 8.06. The van der Waals surface area contributed by atoms with Gasteiger partial charge in [0.05, 0.1) is 6.61 Å². The minimum atomic E-state index is -4.96. The molecule has 0 saturated heterocycles. The Hall–Kier alpha value is -2.69. The Kier molecular flexibility index (Phi) is 8.59. The van der Waals surface area contributed by atoms with Gasteiger partial charge in [0.25, 0.3) is 0 Å². The van der Waals surface area contributed by atoms with Crippen LogP contribution in [0.5, 0.6) is 11.5 Å². The van der Waals surface area contributed by atoms with Crippen LogP contribution >= 0.6 is 7.75 Å². The van der Waals surface area contributed by atoms with E-state index in [4.69, 9.17) is 14.0 Å². The van der Waals surface area contributed by atoms with Crippen LogP contribution in [-0.2, 0) is 18.8 Å². The second kappa shape index (κ2) is 10.8. The van der Waals surface area contributed by atoms with Crippen molar-refractivity contribution in [1.29, 1.82) is 0 Å². The van der Waals surface area contributed by atoms with Crippen molar-refractivity contribution in [2.24, 2.45) is 0 Å². The maximum atomic E-state index is 14.1. The zero-order valence-electron chi connectivity index (χ0n) is 17.0. The van der Waals surface area contributed by atoms with E-state index >= 15 is 0 Å². The maximum absolute atomic E-state index is 14.1. The zero-order valence-corrected chi connectivity index (χ0v) is 17.9.